The van der Waals surface area contributed by atoms with E-state index in [1.54, 1.807) is 12.1 Å². The first-order valence-electron chi connectivity index (χ1n) is 3.71. The standard InChI is InChI=1S/C7H7O.CF3.Hg/c1-8-7-5-3-2-4-6-7;2-1(3)4;/h3-6H,1H3;;. The predicted molar refractivity (Wildman–Crippen MR) is 38.7 cm³/mol. The quantitative estimate of drug-likeness (QED) is 0.717. The van der Waals surface area contributed by atoms with E-state index in [1.807, 2.05) is 0 Å². The van der Waals surface area contributed by atoms with Gasteiger partial charge in [-0.05, 0) is 0 Å². The first kappa shape index (κ1) is 10.8. The molecule has 0 saturated heterocycles. The zero-order valence-corrected chi connectivity index (χ0v) is 12.6. The molecule has 1 aromatic carbocycles. The van der Waals surface area contributed by atoms with Gasteiger partial charge in [0.2, 0.25) is 0 Å². The van der Waals surface area contributed by atoms with Crippen LogP contribution in [-0.2, 0) is 24.6 Å². The molecule has 0 aliphatic heterocycles. The average Bonchev–Trinajstić information content (AvgIpc) is 2.03. The Morgan fingerprint density at radius 3 is 2.08 bits per heavy atom. The van der Waals surface area contributed by atoms with Crippen LogP contribution in [0.5, 0.6) is 5.75 Å². The molecular weight excluding hydrogens is 370 g/mol. The zero-order valence-electron chi connectivity index (χ0n) is 7.06. The van der Waals surface area contributed by atoms with Crippen molar-refractivity contribution in [1.29, 1.82) is 0 Å². The second-order valence-corrected chi connectivity index (χ2v) is 10.3. The van der Waals surface area contributed by atoms with Crippen LogP contribution in [0.4, 0.5) is 13.2 Å². The van der Waals surface area contributed by atoms with Crippen LogP contribution in [0.25, 0.3) is 0 Å². The molecule has 0 radical (unpaired) electrons. The van der Waals surface area contributed by atoms with E-state index < -0.39 is 28.3 Å². The van der Waals surface area contributed by atoms with E-state index in [1.165, 1.54) is 19.2 Å². The molecule has 0 spiro atoms. The number of ether oxygens (including phenoxy) is 1. The van der Waals surface area contributed by atoms with Gasteiger partial charge in [0.25, 0.3) is 0 Å². The van der Waals surface area contributed by atoms with E-state index in [0.717, 1.165) is 0 Å². The van der Waals surface area contributed by atoms with Gasteiger partial charge in [-0.2, -0.15) is 0 Å². The summed E-state index contributed by atoms with van der Waals surface area (Å²) in [6, 6.07) is 6.16. The van der Waals surface area contributed by atoms with Crippen molar-refractivity contribution >= 4 is 3.07 Å². The summed E-state index contributed by atoms with van der Waals surface area (Å²) < 4.78 is 37.4. The minimum absolute atomic E-state index is 0.466. The Kier molecular flexibility index (Phi) is 3.59. The van der Waals surface area contributed by atoms with E-state index in [-0.39, 0.29) is 0 Å². The average molecular weight is 377 g/mol. The van der Waals surface area contributed by atoms with Gasteiger partial charge in [-0.3, -0.25) is 0 Å². The number of halogens is 3. The fourth-order valence-electron chi connectivity index (χ4n) is 0.975. The number of rotatable bonds is 2. The molecule has 1 aromatic rings. The van der Waals surface area contributed by atoms with Crippen molar-refractivity contribution in [2.75, 3.05) is 7.11 Å². The van der Waals surface area contributed by atoms with Crippen molar-refractivity contribution in [2.45, 2.75) is 3.69 Å². The molecule has 1 nitrogen and oxygen atoms in total. The van der Waals surface area contributed by atoms with Gasteiger partial charge >= 0.3 is 86.4 Å². The molecule has 0 saturated carbocycles. The van der Waals surface area contributed by atoms with Gasteiger partial charge in [0, 0.05) is 0 Å². The molecular formula is C8H7F3HgO. The summed E-state index contributed by atoms with van der Waals surface area (Å²) in [4.78, 5) is 0. The van der Waals surface area contributed by atoms with Crippen LogP contribution in [0.2, 0.25) is 0 Å². The SMILES string of the molecule is COc1cc[c]([Hg][C](F)(F)F)cc1. The molecule has 0 fully saturated rings. The van der Waals surface area contributed by atoms with Crippen LogP contribution in [-0.4, -0.2) is 10.8 Å². The van der Waals surface area contributed by atoms with E-state index in [4.69, 9.17) is 4.74 Å². The summed E-state index contributed by atoms with van der Waals surface area (Å²) in [5.41, 5.74) is 0. The zero-order chi connectivity index (χ0) is 9.90. The van der Waals surface area contributed by atoms with E-state index >= 15 is 0 Å². The Labute approximate surface area is 86.3 Å². The number of alkyl halides is 3. The van der Waals surface area contributed by atoms with Gasteiger partial charge < -0.3 is 0 Å². The van der Waals surface area contributed by atoms with E-state index in [9.17, 15) is 13.2 Å². The molecule has 0 aromatic heterocycles. The normalized spacial score (nSPS) is 10.8. The fourth-order valence-corrected chi connectivity index (χ4v) is 4.61. The first-order valence-corrected chi connectivity index (χ1v) is 9.21. The number of methoxy groups -OCH3 is 1. The topological polar surface area (TPSA) is 9.23 Å². The van der Waals surface area contributed by atoms with Crippen LogP contribution in [0, 0.1) is 0 Å². The van der Waals surface area contributed by atoms with Crippen LogP contribution in [0.3, 0.4) is 0 Å². The van der Waals surface area contributed by atoms with Crippen molar-refractivity contribution < 1.29 is 42.5 Å². The molecule has 0 amide bonds. The summed E-state index contributed by atoms with van der Waals surface area (Å²) in [6.07, 6.45) is 0. The molecule has 13 heavy (non-hydrogen) atoms. The van der Waals surface area contributed by atoms with Gasteiger partial charge in [0.05, 0.1) is 0 Å². The third-order valence-corrected chi connectivity index (χ3v) is 6.54. The van der Waals surface area contributed by atoms with Crippen LogP contribution in [0.15, 0.2) is 24.3 Å². The second-order valence-electron chi connectivity index (χ2n) is 2.64. The summed E-state index contributed by atoms with van der Waals surface area (Å²) in [5.74, 6) is 0.597. The van der Waals surface area contributed by atoms with Crippen LogP contribution in [0.1, 0.15) is 0 Å². The van der Waals surface area contributed by atoms with Crippen molar-refractivity contribution in [2.24, 2.45) is 0 Å². The van der Waals surface area contributed by atoms with Crippen molar-refractivity contribution in [3.05, 3.63) is 24.3 Å². The molecule has 0 aliphatic rings. The first-order chi connectivity index (χ1) is 6.01. The Balaban J connectivity index is 2.70. The maximum atomic E-state index is 12.0. The Morgan fingerprint density at radius 1 is 1.15 bits per heavy atom. The Bertz CT molecular complexity index is 268. The van der Waals surface area contributed by atoms with Gasteiger partial charge in [-0.1, -0.05) is 0 Å². The van der Waals surface area contributed by atoms with Crippen molar-refractivity contribution in [3.63, 3.8) is 0 Å². The minimum atomic E-state index is -3.92. The van der Waals surface area contributed by atoms with Gasteiger partial charge in [0.15, 0.2) is 0 Å². The van der Waals surface area contributed by atoms with Gasteiger partial charge in [0.1, 0.15) is 0 Å². The van der Waals surface area contributed by atoms with E-state index in [0.29, 0.717) is 8.82 Å². The third-order valence-electron chi connectivity index (χ3n) is 1.56. The molecule has 0 unspecified atom stereocenters. The number of hydrogen-bond acceptors (Lipinski definition) is 1. The van der Waals surface area contributed by atoms with E-state index in [2.05, 4.69) is 0 Å². The summed E-state index contributed by atoms with van der Waals surface area (Å²) in [5, 5.41) is 0. The maximum absolute atomic E-state index is 12.0. The van der Waals surface area contributed by atoms with Crippen molar-refractivity contribution in [3.8, 4) is 5.75 Å². The van der Waals surface area contributed by atoms with Gasteiger partial charge in [-0.25, -0.2) is 0 Å². The molecule has 0 bridgehead atoms. The number of benzene rings is 1. The molecule has 1 rings (SSSR count). The Morgan fingerprint density at radius 2 is 1.69 bits per heavy atom. The van der Waals surface area contributed by atoms with Gasteiger partial charge in [-0.15, -0.1) is 0 Å². The third kappa shape index (κ3) is 3.98. The molecule has 0 atom stereocenters. The summed E-state index contributed by atoms with van der Waals surface area (Å²) in [7, 11) is 1.49. The summed E-state index contributed by atoms with van der Waals surface area (Å²) in [6.45, 7) is 0. The Hall–Kier alpha value is -0.255. The monoisotopic (exact) mass is 378 g/mol. The second kappa shape index (κ2) is 4.31. The molecule has 0 heterocycles. The van der Waals surface area contributed by atoms with Crippen molar-refractivity contribution in [1.82, 2.24) is 0 Å². The van der Waals surface area contributed by atoms with Crippen LogP contribution < -0.4 is 7.81 Å². The molecule has 0 N–H and O–H groups in total. The molecule has 68 valence electrons. The molecule has 5 heteroatoms. The molecule has 0 aliphatic carbocycles. The number of hydrogen-bond donors (Lipinski definition) is 0. The van der Waals surface area contributed by atoms with Crippen LogP contribution >= 0.6 is 0 Å². The predicted octanol–water partition coefficient (Wildman–Crippen LogP) is 1.92. The summed E-state index contributed by atoms with van der Waals surface area (Å²) >= 11 is -2.91. The fraction of sp³-hybridized carbons (Fsp3) is 0.250.